The van der Waals surface area contributed by atoms with E-state index in [4.69, 9.17) is 0 Å². The lowest BCUT2D eigenvalue weighted by molar-refractivity contribution is 0.241. The molecule has 0 radical (unpaired) electrons. The first-order valence-electron chi connectivity index (χ1n) is 3.28. The number of rotatable bonds is 0. The number of carbonyl (C=O) groups is 1. The van der Waals surface area contributed by atoms with Crippen LogP contribution in [0.1, 0.15) is 0 Å². The van der Waals surface area contributed by atoms with E-state index in [1.807, 2.05) is 36.4 Å². The van der Waals surface area contributed by atoms with Gasteiger partial charge in [0, 0.05) is 0 Å². The van der Waals surface area contributed by atoms with Crippen LogP contribution >= 0.6 is 0 Å². The number of hydrogen-bond donors (Lipinski definition) is 4. The van der Waals surface area contributed by atoms with E-state index in [2.05, 4.69) is 11.7 Å². The van der Waals surface area contributed by atoms with Gasteiger partial charge in [0.2, 0.25) is 0 Å². The van der Waals surface area contributed by atoms with Gasteiger partial charge in [0.1, 0.15) is 0 Å². The topological polar surface area (TPSA) is 93.2 Å². The van der Waals surface area contributed by atoms with Crippen LogP contribution in [0.3, 0.4) is 0 Å². The number of urea groups is 1. The maximum atomic E-state index is 9.71. The smallest absolute Gasteiger partial charge is 0.275 e. The summed E-state index contributed by atoms with van der Waals surface area (Å²) in [7, 11) is 0. The molecule has 2 amide bonds. The zero-order valence-corrected chi connectivity index (χ0v) is 8.16. The molecule has 0 saturated heterocycles. The molecule has 0 aliphatic carbocycles. The Morgan fingerprint density at radius 3 is 0.938 bits per heavy atom. The van der Waals surface area contributed by atoms with Crippen LogP contribution in [0, 0.1) is 0 Å². The van der Waals surface area contributed by atoms with Gasteiger partial charge in [-0.25, -0.2) is 16.5 Å². The lowest BCUT2D eigenvalue weighted by Crippen LogP contribution is -2.43. The molecular formula is C7H16F4N4O. The second-order valence-electron chi connectivity index (χ2n) is 1.77. The third-order valence-corrected chi connectivity index (χ3v) is 0.929. The van der Waals surface area contributed by atoms with Crippen LogP contribution in [0.2, 0.25) is 0 Å². The molecule has 0 bridgehead atoms. The molecule has 0 aliphatic heterocycles. The van der Waals surface area contributed by atoms with Gasteiger partial charge in [0.15, 0.2) is 0 Å². The standard InChI is InChI=1S/C6H6.CH6N4O.4FH/c1-2-4-6-5-3-1;2-4-1(6)5-3;;;;/h1-6H;2-3H2,(H2,4,5,6);4*1H. The van der Waals surface area contributed by atoms with Gasteiger partial charge < -0.3 is 0 Å². The van der Waals surface area contributed by atoms with E-state index in [0.717, 1.165) is 0 Å². The number of hydrazine groups is 2. The molecule has 0 spiro atoms. The summed E-state index contributed by atoms with van der Waals surface area (Å²) < 4.78 is 0. The second-order valence-corrected chi connectivity index (χ2v) is 1.77. The van der Waals surface area contributed by atoms with E-state index in [0.29, 0.717) is 0 Å². The monoisotopic (exact) mass is 248 g/mol. The van der Waals surface area contributed by atoms with Crippen molar-refractivity contribution >= 4 is 6.03 Å². The van der Waals surface area contributed by atoms with Crippen molar-refractivity contribution in [1.29, 1.82) is 0 Å². The Balaban J connectivity index is -0.0000000403. The largest absolute Gasteiger partial charge is 0.343 e. The maximum absolute atomic E-state index is 9.71. The van der Waals surface area contributed by atoms with Crippen molar-refractivity contribution in [3.8, 4) is 0 Å². The number of nitrogens with one attached hydrogen (secondary N) is 2. The Labute approximate surface area is 89.6 Å². The summed E-state index contributed by atoms with van der Waals surface area (Å²) in [5.41, 5.74) is 3.48. The van der Waals surface area contributed by atoms with Crippen molar-refractivity contribution in [2.75, 3.05) is 0 Å². The fourth-order valence-corrected chi connectivity index (χ4v) is 0.427. The maximum Gasteiger partial charge on any atom is 0.343 e. The van der Waals surface area contributed by atoms with E-state index in [1.165, 1.54) is 0 Å². The van der Waals surface area contributed by atoms with E-state index in [9.17, 15) is 4.79 Å². The van der Waals surface area contributed by atoms with Crippen LogP contribution in [-0.4, -0.2) is 6.03 Å². The summed E-state index contributed by atoms with van der Waals surface area (Å²) in [6.07, 6.45) is 0. The van der Waals surface area contributed by atoms with Gasteiger partial charge in [-0.1, -0.05) is 36.4 Å². The van der Waals surface area contributed by atoms with Crippen molar-refractivity contribution < 1.29 is 23.6 Å². The first kappa shape index (κ1) is 29.2. The summed E-state index contributed by atoms with van der Waals surface area (Å²) in [4.78, 5) is 9.71. The van der Waals surface area contributed by atoms with Crippen molar-refractivity contribution in [3.63, 3.8) is 0 Å². The molecule has 98 valence electrons. The average Bonchev–Trinajstić information content (AvgIpc) is 2.20. The molecule has 1 aromatic carbocycles. The minimum Gasteiger partial charge on any atom is -0.275 e. The molecule has 1 rings (SSSR count). The Kier molecular flexibility index (Phi) is 42.3. The highest BCUT2D eigenvalue weighted by Crippen LogP contribution is 1.79. The third-order valence-electron chi connectivity index (χ3n) is 0.929. The van der Waals surface area contributed by atoms with Gasteiger partial charge in [-0.3, -0.25) is 29.7 Å². The molecule has 6 N–H and O–H groups in total. The van der Waals surface area contributed by atoms with Gasteiger partial charge in [-0.05, 0) is 0 Å². The van der Waals surface area contributed by atoms with Gasteiger partial charge in [-0.2, -0.15) is 0 Å². The van der Waals surface area contributed by atoms with Crippen LogP contribution in [0.15, 0.2) is 36.4 Å². The van der Waals surface area contributed by atoms with E-state index in [-0.39, 0.29) is 18.8 Å². The Bertz CT molecular complexity index is 182. The molecule has 0 atom stereocenters. The molecule has 0 fully saturated rings. The molecule has 9 heteroatoms. The highest BCUT2D eigenvalue weighted by molar-refractivity contribution is 5.72. The first-order chi connectivity index (χ1) is 5.81. The summed E-state index contributed by atoms with van der Waals surface area (Å²) >= 11 is 0. The zero-order valence-electron chi connectivity index (χ0n) is 8.16. The van der Waals surface area contributed by atoms with Crippen molar-refractivity contribution in [2.45, 2.75) is 0 Å². The minimum atomic E-state index is -0.602. The third kappa shape index (κ3) is 22.7. The molecule has 16 heavy (non-hydrogen) atoms. The van der Waals surface area contributed by atoms with Crippen molar-refractivity contribution in [1.82, 2.24) is 10.9 Å². The van der Waals surface area contributed by atoms with Gasteiger partial charge in [0.25, 0.3) is 0 Å². The van der Waals surface area contributed by atoms with Crippen LogP contribution in [0.5, 0.6) is 0 Å². The Morgan fingerprint density at radius 1 is 0.688 bits per heavy atom. The van der Waals surface area contributed by atoms with E-state index >= 15 is 0 Å². The molecule has 0 heterocycles. The summed E-state index contributed by atoms with van der Waals surface area (Å²) in [5.74, 6) is 9.08. The number of benzene rings is 1. The zero-order chi connectivity index (χ0) is 9.23. The second kappa shape index (κ2) is 23.2. The van der Waals surface area contributed by atoms with Gasteiger partial charge >= 0.3 is 6.03 Å². The molecule has 0 unspecified atom stereocenters. The fraction of sp³-hybridized carbons (Fsp3) is 0. The van der Waals surface area contributed by atoms with Crippen molar-refractivity contribution in [3.05, 3.63) is 36.4 Å². The SMILES string of the molecule is F.F.F.F.NNC(=O)NN.c1ccccc1. The minimum absolute atomic E-state index is 0. The molecular weight excluding hydrogens is 232 g/mol. The lowest BCUT2D eigenvalue weighted by atomic mass is 10.4. The van der Waals surface area contributed by atoms with Gasteiger partial charge in [0.05, 0.1) is 0 Å². The van der Waals surface area contributed by atoms with Crippen LogP contribution in [-0.2, 0) is 0 Å². The lowest BCUT2D eigenvalue weighted by Gasteiger charge is -1.90. The van der Waals surface area contributed by atoms with Crippen LogP contribution in [0.25, 0.3) is 0 Å². The molecule has 1 aromatic rings. The summed E-state index contributed by atoms with van der Waals surface area (Å²) in [6.45, 7) is 0. The highest BCUT2D eigenvalue weighted by Gasteiger charge is 1.83. The Hall–Kier alpha value is -1.87. The van der Waals surface area contributed by atoms with Crippen LogP contribution < -0.4 is 22.5 Å². The molecule has 0 saturated carbocycles. The number of halogens is 4. The average molecular weight is 248 g/mol. The highest BCUT2D eigenvalue weighted by atomic mass is 19.0. The fourth-order valence-electron chi connectivity index (χ4n) is 0.427. The quantitative estimate of drug-likeness (QED) is 0.231. The van der Waals surface area contributed by atoms with E-state index < -0.39 is 6.03 Å². The summed E-state index contributed by atoms with van der Waals surface area (Å²) in [6, 6.07) is 11.4. The Morgan fingerprint density at radius 2 is 0.875 bits per heavy atom. The molecule has 5 nitrogen and oxygen atoms in total. The predicted molar refractivity (Wildman–Crippen MR) is 56.5 cm³/mol. The van der Waals surface area contributed by atoms with E-state index in [1.54, 1.807) is 10.9 Å². The number of amides is 2. The van der Waals surface area contributed by atoms with Crippen molar-refractivity contribution in [2.24, 2.45) is 11.7 Å². The number of nitrogens with two attached hydrogens (primary N) is 2. The number of carbonyl (C=O) groups excluding carboxylic acids is 1. The van der Waals surface area contributed by atoms with Crippen LogP contribution in [0.4, 0.5) is 23.6 Å². The molecule has 0 aromatic heterocycles. The number of hydrogen-bond acceptors (Lipinski definition) is 3. The predicted octanol–water partition coefficient (Wildman–Crippen LogP) is 0.330. The molecule has 0 aliphatic rings. The van der Waals surface area contributed by atoms with Gasteiger partial charge in [-0.15, -0.1) is 0 Å². The summed E-state index contributed by atoms with van der Waals surface area (Å²) in [5, 5.41) is 0. The first-order valence-corrected chi connectivity index (χ1v) is 3.28. The normalized spacial score (nSPS) is 5.62.